The van der Waals surface area contributed by atoms with Crippen molar-refractivity contribution in [3.8, 4) is 0 Å². The van der Waals surface area contributed by atoms with Gasteiger partial charge in [-0.25, -0.2) is 9.59 Å². The fourth-order valence-electron chi connectivity index (χ4n) is 0.604. The van der Waals surface area contributed by atoms with Gasteiger partial charge in [0.1, 0.15) is 6.04 Å². The van der Waals surface area contributed by atoms with Gasteiger partial charge in [0.25, 0.3) is 0 Å². The predicted octanol–water partition coefficient (Wildman–Crippen LogP) is -1.15. The summed E-state index contributed by atoms with van der Waals surface area (Å²) in [7, 11) is 0. The van der Waals surface area contributed by atoms with E-state index in [1.165, 1.54) is 0 Å². The van der Waals surface area contributed by atoms with E-state index in [1.807, 2.05) is 0 Å². The highest BCUT2D eigenvalue weighted by Gasteiger charge is 2.08. The summed E-state index contributed by atoms with van der Waals surface area (Å²) in [5.74, 6) is -3.47. The Labute approximate surface area is 97.5 Å². The van der Waals surface area contributed by atoms with Crippen LogP contribution in [0.1, 0.15) is 12.8 Å². The molecule has 0 aliphatic rings. The number of hydrogen-bond acceptors (Lipinski definition) is 5. The van der Waals surface area contributed by atoms with Crippen molar-refractivity contribution in [3.63, 3.8) is 0 Å². The van der Waals surface area contributed by atoms with E-state index in [0.29, 0.717) is 31.5 Å². The molecule has 1 atom stereocenters. The minimum atomic E-state index is -1.26. The van der Waals surface area contributed by atoms with Gasteiger partial charge in [-0.2, -0.15) is 0 Å². The lowest BCUT2D eigenvalue weighted by Crippen LogP contribution is -2.30. The zero-order valence-electron chi connectivity index (χ0n) is 9.07. The number of carboxylic acid groups (broad SMARTS) is 3. The molecule has 0 radical (unpaired) electrons. The second-order valence-corrected chi connectivity index (χ2v) is 2.89. The van der Waals surface area contributed by atoms with Crippen LogP contribution in [0.3, 0.4) is 0 Å². The van der Waals surface area contributed by atoms with E-state index in [2.05, 4.69) is 0 Å². The van der Waals surface area contributed by atoms with Crippen molar-refractivity contribution < 1.29 is 29.7 Å². The van der Waals surface area contributed by atoms with Crippen LogP contribution in [0.5, 0.6) is 0 Å². The molecule has 0 spiro atoms. The summed E-state index contributed by atoms with van der Waals surface area (Å²) in [5, 5.41) is 23.9. The van der Waals surface area contributed by atoms with Crippen LogP contribution in [-0.2, 0) is 14.4 Å². The lowest BCUT2D eigenvalue weighted by Gasteiger charge is -2.02. The fraction of sp³-hybridized carbons (Fsp3) is 0.444. The van der Waals surface area contributed by atoms with Crippen LogP contribution in [0.25, 0.3) is 0 Å². The molecule has 7 N–H and O–H groups in total. The molecule has 17 heavy (non-hydrogen) atoms. The second kappa shape index (κ2) is 10.6. The molecule has 0 rings (SSSR count). The van der Waals surface area contributed by atoms with E-state index < -0.39 is 23.9 Å². The molecule has 98 valence electrons. The summed E-state index contributed by atoms with van der Waals surface area (Å²) in [6, 6.07) is -0.742. The Hall–Kier alpha value is -1.93. The topological polar surface area (TPSA) is 164 Å². The van der Waals surface area contributed by atoms with Gasteiger partial charge in [-0.1, -0.05) is 0 Å². The molecule has 0 aromatic heterocycles. The first kappa shape index (κ1) is 17.5. The molecular weight excluding hydrogens is 232 g/mol. The quantitative estimate of drug-likeness (QED) is 0.367. The summed E-state index contributed by atoms with van der Waals surface area (Å²) >= 11 is 0. The third kappa shape index (κ3) is 16.7. The molecule has 0 bridgehead atoms. The van der Waals surface area contributed by atoms with Crippen molar-refractivity contribution in [2.45, 2.75) is 18.9 Å². The minimum absolute atomic E-state index is 0.464. The van der Waals surface area contributed by atoms with Crippen LogP contribution >= 0.6 is 0 Å². The Balaban J connectivity index is 0. The smallest absolute Gasteiger partial charge is 0.328 e. The standard InChI is InChI=1S/C5H12N2O2.C4H4O4/c6-3-1-2-4(7)5(8)9;5-3(6)1-2-4(7)8/h4H,1-3,6-7H2,(H,8,9);1-2H,(H,5,6)(H,7,8). The Bertz CT molecular complexity index is 273. The number of carbonyl (C=O) groups is 3. The number of hydrogen-bond donors (Lipinski definition) is 5. The Morgan fingerprint density at radius 1 is 1.06 bits per heavy atom. The normalized spacial score (nSPS) is 11.4. The van der Waals surface area contributed by atoms with Crippen LogP contribution in [0.15, 0.2) is 12.2 Å². The van der Waals surface area contributed by atoms with E-state index in [-0.39, 0.29) is 0 Å². The fourth-order valence-corrected chi connectivity index (χ4v) is 0.604. The molecule has 0 saturated heterocycles. The van der Waals surface area contributed by atoms with Crippen LogP contribution < -0.4 is 11.5 Å². The van der Waals surface area contributed by atoms with E-state index in [9.17, 15) is 14.4 Å². The van der Waals surface area contributed by atoms with Crippen molar-refractivity contribution in [1.82, 2.24) is 0 Å². The zero-order chi connectivity index (χ0) is 13.8. The SMILES string of the molecule is NCCCC(N)C(=O)O.O=C(O)C=CC(=O)O. The number of rotatable bonds is 6. The molecule has 0 fully saturated rings. The third-order valence-electron chi connectivity index (χ3n) is 1.40. The number of carboxylic acids is 3. The lowest BCUT2D eigenvalue weighted by atomic mass is 10.2. The largest absolute Gasteiger partial charge is 0.480 e. The average Bonchev–Trinajstić information content (AvgIpc) is 2.23. The number of nitrogens with two attached hydrogens (primary N) is 2. The molecular formula is C9H16N2O6. The van der Waals surface area contributed by atoms with Gasteiger partial charge in [0.05, 0.1) is 0 Å². The van der Waals surface area contributed by atoms with Gasteiger partial charge >= 0.3 is 17.9 Å². The lowest BCUT2D eigenvalue weighted by molar-refractivity contribution is -0.138. The summed E-state index contributed by atoms with van der Waals surface area (Å²) in [6.45, 7) is 0.501. The van der Waals surface area contributed by atoms with Gasteiger partial charge in [0.2, 0.25) is 0 Å². The molecule has 0 heterocycles. The number of aliphatic carboxylic acids is 3. The Morgan fingerprint density at radius 2 is 1.47 bits per heavy atom. The first-order chi connectivity index (χ1) is 7.81. The van der Waals surface area contributed by atoms with E-state index in [1.54, 1.807) is 0 Å². The van der Waals surface area contributed by atoms with Crippen molar-refractivity contribution in [3.05, 3.63) is 12.2 Å². The monoisotopic (exact) mass is 248 g/mol. The Kier molecular flexibility index (Phi) is 10.9. The minimum Gasteiger partial charge on any atom is -0.480 e. The van der Waals surface area contributed by atoms with Crippen molar-refractivity contribution in [2.24, 2.45) is 11.5 Å². The van der Waals surface area contributed by atoms with E-state index >= 15 is 0 Å². The first-order valence-electron chi connectivity index (χ1n) is 4.63. The van der Waals surface area contributed by atoms with E-state index in [0.717, 1.165) is 0 Å². The molecule has 0 aromatic carbocycles. The van der Waals surface area contributed by atoms with Gasteiger partial charge in [0.15, 0.2) is 0 Å². The molecule has 8 heteroatoms. The Morgan fingerprint density at radius 3 is 1.71 bits per heavy atom. The summed E-state index contributed by atoms with van der Waals surface area (Å²) in [4.78, 5) is 29.1. The van der Waals surface area contributed by atoms with Gasteiger partial charge in [-0.3, -0.25) is 4.79 Å². The average molecular weight is 248 g/mol. The third-order valence-corrected chi connectivity index (χ3v) is 1.40. The van der Waals surface area contributed by atoms with Crippen LogP contribution in [0.2, 0.25) is 0 Å². The van der Waals surface area contributed by atoms with E-state index in [4.69, 9.17) is 26.8 Å². The molecule has 0 aromatic rings. The molecule has 0 saturated carbocycles. The highest BCUT2D eigenvalue weighted by Crippen LogP contribution is 1.91. The summed E-state index contributed by atoms with van der Waals surface area (Å²) < 4.78 is 0. The maximum atomic E-state index is 10.0. The molecule has 8 nitrogen and oxygen atoms in total. The molecule has 1 unspecified atom stereocenters. The van der Waals surface area contributed by atoms with Gasteiger partial charge in [-0.15, -0.1) is 0 Å². The maximum absolute atomic E-state index is 10.0. The predicted molar refractivity (Wildman–Crippen MR) is 58.3 cm³/mol. The highest BCUT2D eigenvalue weighted by atomic mass is 16.4. The molecule has 0 amide bonds. The summed E-state index contributed by atoms with van der Waals surface area (Å²) in [6.07, 6.45) is 2.25. The van der Waals surface area contributed by atoms with Crippen molar-refractivity contribution >= 4 is 17.9 Å². The second-order valence-electron chi connectivity index (χ2n) is 2.89. The maximum Gasteiger partial charge on any atom is 0.328 e. The highest BCUT2D eigenvalue weighted by molar-refractivity contribution is 5.89. The van der Waals surface area contributed by atoms with Crippen LogP contribution in [0, 0.1) is 0 Å². The first-order valence-corrected chi connectivity index (χ1v) is 4.63. The van der Waals surface area contributed by atoms with Gasteiger partial charge < -0.3 is 26.8 Å². The molecule has 0 aliphatic carbocycles. The van der Waals surface area contributed by atoms with Gasteiger partial charge in [-0.05, 0) is 19.4 Å². The zero-order valence-corrected chi connectivity index (χ0v) is 9.07. The van der Waals surface area contributed by atoms with Crippen LogP contribution in [-0.4, -0.2) is 45.8 Å². The molecule has 0 aliphatic heterocycles. The summed E-state index contributed by atoms with van der Waals surface area (Å²) in [5.41, 5.74) is 10.3. The van der Waals surface area contributed by atoms with Crippen LogP contribution in [0.4, 0.5) is 0 Å². The van der Waals surface area contributed by atoms with Gasteiger partial charge in [0, 0.05) is 12.2 Å². The van der Waals surface area contributed by atoms with Crippen molar-refractivity contribution in [2.75, 3.05) is 6.54 Å². The van der Waals surface area contributed by atoms with Crippen molar-refractivity contribution in [1.29, 1.82) is 0 Å².